The Labute approximate surface area is 105 Å². The fourth-order valence-electron chi connectivity index (χ4n) is 2.98. The molecule has 0 bridgehead atoms. The van der Waals surface area contributed by atoms with Gasteiger partial charge in [-0.1, -0.05) is 31.2 Å². The molecule has 1 fully saturated rings. The Kier molecular flexibility index (Phi) is 4.19. The number of aryl methyl sites for hydroxylation is 1. The van der Waals surface area contributed by atoms with E-state index in [1.165, 1.54) is 24.1 Å². The van der Waals surface area contributed by atoms with Gasteiger partial charge in [0.1, 0.15) is 0 Å². The van der Waals surface area contributed by atoms with E-state index in [1.54, 1.807) is 0 Å². The zero-order valence-corrected chi connectivity index (χ0v) is 11.2. The first-order valence-corrected chi connectivity index (χ1v) is 6.70. The summed E-state index contributed by atoms with van der Waals surface area (Å²) in [5.41, 5.74) is 2.93. The van der Waals surface area contributed by atoms with Crippen LogP contribution in [0.25, 0.3) is 0 Å². The smallest absolute Gasteiger partial charge is 0.0388 e. The number of rotatable bonds is 4. The summed E-state index contributed by atoms with van der Waals surface area (Å²) in [6.07, 6.45) is 1.31. The van der Waals surface area contributed by atoms with E-state index in [2.05, 4.69) is 55.4 Å². The van der Waals surface area contributed by atoms with Gasteiger partial charge in [-0.15, -0.1) is 0 Å². The molecule has 1 aromatic carbocycles. The highest BCUT2D eigenvalue weighted by atomic mass is 15.2. The van der Waals surface area contributed by atoms with E-state index in [-0.39, 0.29) is 0 Å². The highest BCUT2D eigenvalue weighted by molar-refractivity contribution is 5.30. The summed E-state index contributed by atoms with van der Waals surface area (Å²) in [5.74, 6) is 0.751. The van der Waals surface area contributed by atoms with Crippen molar-refractivity contribution in [1.82, 2.24) is 10.2 Å². The van der Waals surface area contributed by atoms with E-state index in [4.69, 9.17) is 0 Å². The topological polar surface area (TPSA) is 15.3 Å². The first kappa shape index (κ1) is 12.6. The average Bonchev–Trinajstić information content (AvgIpc) is 2.69. The van der Waals surface area contributed by atoms with Crippen molar-refractivity contribution in [2.24, 2.45) is 5.92 Å². The number of nitrogens with one attached hydrogen (secondary N) is 1. The average molecular weight is 232 g/mol. The van der Waals surface area contributed by atoms with Gasteiger partial charge in [-0.25, -0.2) is 0 Å². The van der Waals surface area contributed by atoms with Crippen molar-refractivity contribution in [3.05, 3.63) is 35.4 Å². The van der Waals surface area contributed by atoms with Crippen molar-refractivity contribution < 1.29 is 0 Å². The number of nitrogens with zero attached hydrogens (tertiary/aromatic N) is 1. The van der Waals surface area contributed by atoms with Crippen LogP contribution in [0.2, 0.25) is 0 Å². The van der Waals surface area contributed by atoms with Gasteiger partial charge in [0.15, 0.2) is 0 Å². The molecule has 17 heavy (non-hydrogen) atoms. The maximum absolute atomic E-state index is 3.50. The largest absolute Gasteiger partial charge is 0.317 e. The Balaban J connectivity index is 2.18. The number of likely N-dealkylation sites (tertiary alicyclic amines) is 1. The minimum absolute atomic E-state index is 0.593. The zero-order valence-electron chi connectivity index (χ0n) is 11.2. The van der Waals surface area contributed by atoms with Crippen LogP contribution in [0.5, 0.6) is 0 Å². The van der Waals surface area contributed by atoms with Gasteiger partial charge in [-0.05, 0) is 57.1 Å². The lowest BCUT2D eigenvalue weighted by atomic mass is 9.91. The molecule has 1 aliphatic heterocycles. The summed E-state index contributed by atoms with van der Waals surface area (Å²) < 4.78 is 0. The highest BCUT2D eigenvalue weighted by Crippen LogP contribution is 2.36. The fourth-order valence-corrected chi connectivity index (χ4v) is 2.98. The highest BCUT2D eigenvalue weighted by Gasteiger charge is 2.33. The van der Waals surface area contributed by atoms with Crippen LogP contribution < -0.4 is 5.32 Å². The third-order valence-electron chi connectivity index (χ3n) is 3.94. The minimum atomic E-state index is 0.593. The molecule has 2 rings (SSSR count). The molecule has 0 radical (unpaired) electrons. The molecule has 0 amide bonds. The third-order valence-corrected chi connectivity index (χ3v) is 3.94. The van der Waals surface area contributed by atoms with Gasteiger partial charge in [0, 0.05) is 6.04 Å². The molecule has 2 nitrogen and oxygen atoms in total. The Hall–Kier alpha value is -0.860. The predicted molar refractivity (Wildman–Crippen MR) is 73.2 cm³/mol. The molecule has 2 heteroatoms. The lowest BCUT2D eigenvalue weighted by Crippen LogP contribution is -2.28. The molecule has 94 valence electrons. The predicted octanol–water partition coefficient (Wildman–Crippen LogP) is 2.60. The number of hydrogen-bond donors (Lipinski definition) is 1. The van der Waals surface area contributed by atoms with Gasteiger partial charge >= 0.3 is 0 Å². The van der Waals surface area contributed by atoms with E-state index in [0.717, 1.165) is 19.0 Å². The van der Waals surface area contributed by atoms with E-state index < -0.39 is 0 Å². The Bertz CT molecular complexity index is 362. The normalized spacial score (nSPS) is 25.4. The van der Waals surface area contributed by atoms with Crippen molar-refractivity contribution >= 4 is 0 Å². The maximum atomic E-state index is 3.50. The van der Waals surface area contributed by atoms with Crippen LogP contribution in [0.15, 0.2) is 24.3 Å². The molecule has 1 saturated heterocycles. The van der Waals surface area contributed by atoms with E-state index in [9.17, 15) is 0 Å². The van der Waals surface area contributed by atoms with Crippen molar-refractivity contribution in [1.29, 1.82) is 0 Å². The van der Waals surface area contributed by atoms with Crippen molar-refractivity contribution in [3.63, 3.8) is 0 Å². The van der Waals surface area contributed by atoms with Crippen LogP contribution in [0.4, 0.5) is 0 Å². The van der Waals surface area contributed by atoms with Gasteiger partial charge < -0.3 is 5.32 Å². The molecule has 2 atom stereocenters. The van der Waals surface area contributed by atoms with Gasteiger partial charge in [0.05, 0.1) is 0 Å². The fraction of sp³-hybridized carbons (Fsp3) is 0.600. The van der Waals surface area contributed by atoms with Gasteiger partial charge in [-0.2, -0.15) is 0 Å². The molecular weight excluding hydrogens is 208 g/mol. The van der Waals surface area contributed by atoms with Crippen LogP contribution in [-0.4, -0.2) is 31.6 Å². The molecule has 0 saturated carbocycles. The van der Waals surface area contributed by atoms with Gasteiger partial charge in [0.2, 0.25) is 0 Å². The summed E-state index contributed by atoms with van der Waals surface area (Å²) in [6, 6.07) is 9.41. The van der Waals surface area contributed by atoms with Crippen LogP contribution >= 0.6 is 0 Å². The Morgan fingerprint density at radius 2 is 2.12 bits per heavy atom. The molecule has 0 aromatic heterocycles. The van der Waals surface area contributed by atoms with Crippen LogP contribution in [0, 0.1) is 12.8 Å². The lowest BCUT2D eigenvalue weighted by Gasteiger charge is -2.27. The number of benzene rings is 1. The summed E-state index contributed by atoms with van der Waals surface area (Å²) in [7, 11) is 2.25. The molecule has 1 aromatic rings. The Morgan fingerprint density at radius 1 is 1.35 bits per heavy atom. The van der Waals surface area contributed by atoms with Gasteiger partial charge in [-0.3, -0.25) is 4.90 Å². The van der Waals surface area contributed by atoms with Crippen molar-refractivity contribution in [2.45, 2.75) is 26.3 Å². The molecule has 0 aliphatic carbocycles. The summed E-state index contributed by atoms with van der Waals surface area (Å²) >= 11 is 0. The van der Waals surface area contributed by atoms with E-state index >= 15 is 0 Å². The Morgan fingerprint density at radius 3 is 2.82 bits per heavy atom. The first-order chi connectivity index (χ1) is 8.24. The summed E-state index contributed by atoms with van der Waals surface area (Å²) in [6.45, 7) is 7.84. The summed E-state index contributed by atoms with van der Waals surface area (Å²) in [5, 5.41) is 3.50. The second-order valence-electron chi connectivity index (χ2n) is 5.14. The van der Waals surface area contributed by atoms with Gasteiger partial charge in [0.25, 0.3) is 0 Å². The second kappa shape index (κ2) is 5.65. The van der Waals surface area contributed by atoms with Crippen molar-refractivity contribution in [3.8, 4) is 0 Å². The SMILES string of the molecule is CCNCC1CCN(C)C1c1ccccc1C. The van der Waals surface area contributed by atoms with Crippen LogP contribution in [-0.2, 0) is 0 Å². The number of hydrogen-bond acceptors (Lipinski definition) is 2. The van der Waals surface area contributed by atoms with E-state index in [0.29, 0.717) is 6.04 Å². The standard InChI is InChI=1S/C15H24N2/c1-4-16-11-13-9-10-17(3)15(13)14-8-6-5-7-12(14)2/h5-8,13,15-16H,4,9-11H2,1-3H3. The molecule has 2 unspecified atom stereocenters. The van der Waals surface area contributed by atoms with Crippen LogP contribution in [0.3, 0.4) is 0 Å². The molecule has 1 aliphatic rings. The molecular formula is C15H24N2. The first-order valence-electron chi connectivity index (χ1n) is 6.70. The molecule has 0 spiro atoms. The quantitative estimate of drug-likeness (QED) is 0.858. The molecule has 1 N–H and O–H groups in total. The third kappa shape index (κ3) is 2.70. The second-order valence-corrected chi connectivity index (χ2v) is 5.14. The maximum Gasteiger partial charge on any atom is 0.0388 e. The van der Waals surface area contributed by atoms with Crippen LogP contribution in [0.1, 0.15) is 30.5 Å². The summed E-state index contributed by atoms with van der Waals surface area (Å²) in [4.78, 5) is 2.50. The monoisotopic (exact) mass is 232 g/mol. The van der Waals surface area contributed by atoms with E-state index in [1.807, 2.05) is 0 Å². The zero-order chi connectivity index (χ0) is 12.3. The minimum Gasteiger partial charge on any atom is -0.317 e. The lowest BCUT2D eigenvalue weighted by molar-refractivity contribution is 0.272. The van der Waals surface area contributed by atoms with Crippen molar-refractivity contribution in [2.75, 3.05) is 26.7 Å². The molecule has 1 heterocycles.